The maximum absolute atomic E-state index is 13.7. The summed E-state index contributed by atoms with van der Waals surface area (Å²) in [6, 6.07) is 0.00979. The number of aromatic nitrogens is 2. The molecule has 0 bridgehead atoms. The van der Waals surface area contributed by atoms with Crippen LogP contribution in [-0.2, 0) is 16.0 Å². The molecule has 0 radical (unpaired) electrons. The van der Waals surface area contributed by atoms with Gasteiger partial charge in [-0.3, -0.25) is 14.9 Å². The summed E-state index contributed by atoms with van der Waals surface area (Å²) in [5, 5.41) is 6.58. The average molecular weight is 537 g/mol. The maximum atomic E-state index is 13.7. The van der Waals surface area contributed by atoms with Gasteiger partial charge in [-0.25, -0.2) is 4.98 Å². The topological polar surface area (TPSA) is 126 Å². The Labute approximate surface area is 227 Å². The molecule has 1 aliphatic heterocycles. The third-order valence-corrected chi connectivity index (χ3v) is 7.10. The smallest absolute Gasteiger partial charge is 0.302 e. The Morgan fingerprint density at radius 2 is 2.16 bits per heavy atom. The van der Waals surface area contributed by atoms with Gasteiger partial charge in [-0.1, -0.05) is 48.4 Å². The summed E-state index contributed by atoms with van der Waals surface area (Å²) < 4.78 is 5.84. The Bertz CT molecular complexity index is 1360. The van der Waals surface area contributed by atoms with Crippen LogP contribution in [0.5, 0.6) is 0 Å². The summed E-state index contributed by atoms with van der Waals surface area (Å²) >= 11 is 6.62. The minimum Gasteiger partial charge on any atom is -0.424 e. The van der Waals surface area contributed by atoms with Crippen LogP contribution in [0, 0.1) is 0 Å². The monoisotopic (exact) mass is 536 g/mol. The number of oxazole rings is 1. The third kappa shape index (κ3) is 5.83. The zero-order valence-corrected chi connectivity index (χ0v) is 22.7. The van der Waals surface area contributed by atoms with E-state index < -0.39 is 5.91 Å². The molecule has 2 aromatic heterocycles. The van der Waals surface area contributed by atoms with Gasteiger partial charge < -0.3 is 20.4 Å². The van der Waals surface area contributed by atoms with E-state index >= 15 is 0 Å². The summed E-state index contributed by atoms with van der Waals surface area (Å²) in [6.07, 6.45) is 11.5. The lowest BCUT2D eigenvalue weighted by atomic mass is 9.96. The zero-order chi connectivity index (χ0) is 27.4. The number of nitrogens with two attached hydrogens (primary N) is 1. The minimum absolute atomic E-state index is 0.0948. The number of fused-ring (bicyclic) bond motifs is 1. The van der Waals surface area contributed by atoms with Crippen LogP contribution in [0.1, 0.15) is 57.1 Å². The molecule has 0 saturated carbocycles. The van der Waals surface area contributed by atoms with Crippen LogP contribution >= 0.6 is 11.6 Å². The van der Waals surface area contributed by atoms with Gasteiger partial charge in [0.15, 0.2) is 5.76 Å². The molecule has 1 aliphatic carbocycles. The number of nitrogen functional groups attached to an aromatic ring is 1. The van der Waals surface area contributed by atoms with Crippen molar-refractivity contribution >= 4 is 52.6 Å². The Hall–Kier alpha value is -3.85. The largest absolute Gasteiger partial charge is 0.424 e. The molecule has 2 aliphatic rings. The number of rotatable bonds is 7. The van der Waals surface area contributed by atoms with Gasteiger partial charge >= 0.3 is 6.01 Å². The number of nitrogens with zero attached hydrogens (tertiary/aromatic N) is 3. The molecule has 38 heavy (non-hydrogen) atoms. The first kappa shape index (κ1) is 27.2. The number of pyridine rings is 1. The molecule has 9 nitrogen and oxygen atoms in total. The standard InChI is InChI=1S/C28H33ClN6O3/c1-5-17(4)23(27(37)34-28-33-20-11-9-16(3)10-12-21(20)38-28)24-25(19(29)14-31-26(24)30)32-18-8-7-13-35(15-18)22(36)6-2/h6,9-10,12,14,18H,2,5,7-8,11,13,15H2,1,3-4H3,(H3,30,31,32)(H,33,34,37)/b23-17-/t18-/m1/s1. The SMILES string of the molecule is C=CC(=O)N1CCC[C@@H](Nc2c(Cl)cnc(N)c2/C(C(=O)Nc2nc3c(o2)C=CC(C)=CC3)=C(\C)CC)C1. The number of nitrogens with one attached hydrogen (secondary N) is 2. The van der Waals surface area contributed by atoms with E-state index in [1.807, 2.05) is 39.0 Å². The number of anilines is 3. The van der Waals surface area contributed by atoms with E-state index in [1.54, 1.807) is 4.90 Å². The van der Waals surface area contributed by atoms with Gasteiger partial charge in [0.1, 0.15) is 5.82 Å². The number of halogens is 1. The van der Waals surface area contributed by atoms with Gasteiger partial charge in [0, 0.05) is 25.6 Å². The van der Waals surface area contributed by atoms with E-state index in [4.69, 9.17) is 21.8 Å². The van der Waals surface area contributed by atoms with Crippen LogP contribution in [0.2, 0.25) is 5.02 Å². The molecule has 1 saturated heterocycles. The highest BCUT2D eigenvalue weighted by molar-refractivity contribution is 6.35. The number of carbonyl (C=O) groups excluding carboxylic acids is 2. The predicted molar refractivity (Wildman–Crippen MR) is 152 cm³/mol. The summed E-state index contributed by atoms with van der Waals surface area (Å²) in [5.74, 6) is 0.218. The van der Waals surface area contributed by atoms with E-state index in [9.17, 15) is 9.59 Å². The summed E-state index contributed by atoms with van der Waals surface area (Å²) in [7, 11) is 0. The lowest BCUT2D eigenvalue weighted by Gasteiger charge is -2.34. The molecule has 200 valence electrons. The van der Waals surface area contributed by atoms with Crippen molar-refractivity contribution in [2.24, 2.45) is 0 Å². The van der Waals surface area contributed by atoms with Crippen molar-refractivity contribution in [3.63, 3.8) is 0 Å². The molecule has 10 heteroatoms. The van der Waals surface area contributed by atoms with Gasteiger partial charge in [0.25, 0.3) is 5.91 Å². The molecule has 3 heterocycles. The molecule has 4 N–H and O–H groups in total. The molecular weight excluding hydrogens is 504 g/mol. The van der Waals surface area contributed by atoms with E-state index in [1.165, 1.54) is 12.3 Å². The lowest BCUT2D eigenvalue weighted by molar-refractivity contribution is -0.127. The van der Waals surface area contributed by atoms with Crippen molar-refractivity contribution in [1.29, 1.82) is 0 Å². The molecule has 2 amide bonds. The third-order valence-electron chi connectivity index (χ3n) is 6.82. The molecule has 4 rings (SSSR count). The highest BCUT2D eigenvalue weighted by Gasteiger charge is 2.28. The number of likely N-dealkylation sites (tertiary alicyclic amines) is 1. The van der Waals surface area contributed by atoms with Crippen molar-refractivity contribution in [2.75, 3.05) is 29.5 Å². The predicted octanol–water partition coefficient (Wildman–Crippen LogP) is 5.23. The number of amides is 2. The number of allylic oxidation sites excluding steroid dienone is 4. The fraction of sp³-hybridized carbons (Fsp3) is 0.357. The zero-order valence-electron chi connectivity index (χ0n) is 21.9. The number of carbonyl (C=O) groups is 2. The summed E-state index contributed by atoms with van der Waals surface area (Å²) in [4.78, 5) is 36.4. The fourth-order valence-corrected chi connectivity index (χ4v) is 4.81. The normalized spacial score (nSPS) is 17.6. The first-order valence-electron chi connectivity index (χ1n) is 12.7. The van der Waals surface area contributed by atoms with Crippen molar-refractivity contribution < 1.29 is 14.0 Å². The number of hydrogen-bond donors (Lipinski definition) is 3. The summed E-state index contributed by atoms with van der Waals surface area (Å²) in [5.41, 5.74) is 10.3. The van der Waals surface area contributed by atoms with E-state index in [-0.39, 0.29) is 23.8 Å². The van der Waals surface area contributed by atoms with E-state index in [0.29, 0.717) is 53.5 Å². The Balaban J connectivity index is 1.67. The van der Waals surface area contributed by atoms with Crippen molar-refractivity contribution in [1.82, 2.24) is 14.9 Å². The first-order valence-corrected chi connectivity index (χ1v) is 13.1. The second-order valence-corrected chi connectivity index (χ2v) is 9.90. The average Bonchev–Trinajstić information content (AvgIpc) is 3.21. The second-order valence-electron chi connectivity index (χ2n) is 9.49. The molecule has 2 aromatic rings. The van der Waals surface area contributed by atoms with Crippen LogP contribution in [0.25, 0.3) is 11.6 Å². The highest BCUT2D eigenvalue weighted by Crippen LogP contribution is 2.38. The van der Waals surface area contributed by atoms with Crippen molar-refractivity contribution in [3.05, 3.63) is 64.2 Å². The number of piperidine rings is 1. The second kappa shape index (κ2) is 11.7. The van der Waals surface area contributed by atoms with Crippen molar-refractivity contribution in [3.8, 4) is 0 Å². The van der Waals surface area contributed by atoms with Gasteiger partial charge in [-0.05, 0) is 45.3 Å². The van der Waals surface area contributed by atoms with Gasteiger partial charge in [0.05, 0.1) is 33.7 Å². The summed E-state index contributed by atoms with van der Waals surface area (Å²) in [6.45, 7) is 10.6. The van der Waals surface area contributed by atoms with Crippen LogP contribution in [-0.4, -0.2) is 45.8 Å². The van der Waals surface area contributed by atoms with Crippen LogP contribution in [0.15, 0.2) is 46.6 Å². The van der Waals surface area contributed by atoms with Gasteiger partial charge in [0.2, 0.25) is 5.91 Å². The molecule has 1 fully saturated rings. The van der Waals surface area contributed by atoms with Crippen molar-refractivity contribution in [2.45, 2.75) is 52.5 Å². The van der Waals surface area contributed by atoms with Crippen LogP contribution in [0.3, 0.4) is 0 Å². The Morgan fingerprint density at radius 1 is 1.37 bits per heavy atom. The van der Waals surface area contributed by atoms with E-state index in [2.05, 4.69) is 27.2 Å². The van der Waals surface area contributed by atoms with E-state index in [0.717, 1.165) is 29.7 Å². The van der Waals surface area contributed by atoms with Gasteiger partial charge in [-0.15, -0.1) is 0 Å². The molecule has 1 atom stereocenters. The Kier molecular flexibility index (Phi) is 8.36. The fourth-order valence-electron chi connectivity index (χ4n) is 4.61. The Morgan fingerprint density at radius 3 is 2.89 bits per heavy atom. The maximum Gasteiger partial charge on any atom is 0.302 e. The lowest BCUT2D eigenvalue weighted by Crippen LogP contribution is -2.44. The molecule has 0 aromatic carbocycles. The highest BCUT2D eigenvalue weighted by atomic mass is 35.5. The van der Waals surface area contributed by atoms with Crippen LogP contribution in [0.4, 0.5) is 17.5 Å². The van der Waals surface area contributed by atoms with Crippen LogP contribution < -0.4 is 16.4 Å². The molecule has 0 unspecified atom stereocenters. The first-order chi connectivity index (χ1) is 18.2. The molecular formula is C28H33ClN6O3. The van der Waals surface area contributed by atoms with Gasteiger partial charge in [-0.2, -0.15) is 4.98 Å². The quantitative estimate of drug-likeness (QED) is 0.413. The number of hydrogen-bond acceptors (Lipinski definition) is 7. The molecule has 0 spiro atoms. The minimum atomic E-state index is -0.428.